The molecule has 0 bridgehead atoms. The van der Waals surface area contributed by atoms with Crippen LogP contribution >= 0.6 is 0 Å². The van der Waals surface area contributed by atoms with Crippen molar-refractivity contribution >= 4 is 16.0 Å². The molecule has 1 heterocycles. The van der Waals surface area contributed by atoms with Crippen LogP contribution in [0.15, 0.2) is 70.1 Å². The largest absolute Gasteiger partial charge is 0.480 e. The lowest BCUT2D eigenvalue weighted by molar-refractivity contribution is -0.140. The number of nitrogens with one attached hydrogen (secondary N) is 1. The van der Waals surface area contributed by atoms with Crippen molar-refractivity contribution in [3.8, 4) is 11.3 Å². The number of hydrogen-bond donors (Lipinski definition) is 2. The summed E-state index contributed by atoms with van der Waals surface area (Å²) in [5, 5.41) is 13.7. The predicted molar refractivity (Wildman–Crippen MR) is 110 cm³/mol. The van der Waals surface area contributed by atoms with Crippen molar-refractivity contribution in [1.82, 2.24) is 9.88 Å². The average molecular weight is 444 g/mol. The Morgan fingerprint density at radius 1 is 1.19 bits per heavy atom. The maximum Gasteiger partial charge on any atom is 0.325 e. The molecule has 0 radical (unpaired) electrons. The smallest absolute Gasteiger partial charge is 0.325 e. The molecule has 2 aromatic carbocycles. The van der Waals surface area contributed by atoms with Gasteiger partial charge in [0.2, 0.25) is 10.0 Å². The quantitative estimate of drug-likeness (QED) is 0.572. The number of carboxylic acids is 1. The van der Waals surface area contributed by atoms with Gasteiger partial charge in [0, 0.05) is 17.5 Å². The second-order valence-electron chi connectivity index (χ2n) is 7.71. The Bertz CT molecular complexity index is 1210. The van der Waals surface area contributed by atoms with E-state index in [9.17, 15) is 22.7 Å². The second kappa shape index (κ2) is 7.58. The highest BCUT2D eigenvalue weighted by molar-refractivity contribution is 7.89. The van der Waals surface area contributed by atoms with Gasteiger partial charge in [0.15, 0.2) is 11.9 Å². The van der Waals surface area contributed by atoms with E-state index in [2.05, 4.69) is 9.88 Å². The van der Waals surface area contributed by atoms with Crippen LogP contribution in [0, 0.1) is 5.92 Å². The minimum absolute atomic E-state index is 0.0754. The van der Waals surface area contributed by atoms with Gasteiger partial charge in [0.1, 0.15) is 11.2 Å². The minimum Gasteiger partial charge on any atom is -0.480 e. The van der Waals surface area contributed by atoms with Gasteiger partial charge in [-0.3, -0.25) is 4.79 Å². The first kappa shape index (κ1) is 21.2. The van der Waals surface area contributed by atoms with Crippen LogP contribution in [0.1, 0.15) is 37.3 Å². The minimum atomic E-state index is -4.12. The lowest BCUT2D eigenvalue weighted by atomic mass is 10.1. The topological polar surface area (TPSA) is 110 Å². The van der Waals surface area contributed by atoms with E-state index in [1.807, 2.05) is 6.07 Å². The van der Waals surface area contributed by atoms with Crippen molar-refractivity contribution in [2.24, 2.45) is 5.92 Å². The highest BCUT2D eigenvalue weighted by Crippen LogP contribution is 2.58. The molecule has 4 atom stereocenters. The third-order valence-electron chi connectivity index (χ3n) is 5.80. The predicted octanol–water partition coefficient (Wildman–Crippen LogP) is 3.91. The second-order valence-corrected chi connectivity index (χ2v) is 9.39. The molecular weight excluding hydrogens is 423 g/mol. The molecule has 3 aromatic rings. The number of alkyl halides is 1. The van der Waals surface area contributed by atoms with Crippen LogP contribution in [0.2, 0.25) is 0 Å². The molecule has 1 fully saturated rings. The van der Waals surface area contributed by atoms with Crippen LogP contribution in [-0.4, -0.2) is 30.2 Å². The van der Waals surface area contributed by atoms with Gasteiger partial charge >= 0.3 is 5.97 Å². The maximum absolute atomic E-state index is 13.3. The van der Waals surface area contributed by atoms with Crippen molar-refractivity contribution in [2.75, 3.05) is 0 Å². The molecule has 0 amide bonds. The molecule has 7 nitrogen and oxygen atoms in total. The molecule has 1 aliphatic carbocycles. The average Bonchev–Trinajstić information content (AvgIpc) is 3.10. The van der Waals surface area contributed by atoms with Gasteiger partial charge in [-0.05, 0) is 30.5 Å². The van der Waals surface area contributed by atoms with E-state index in [-0.39, 0.29) is 10.7 Å². The van der Waals surface area contributed by atoms with Crippen molar-refractivity contribution < 1.29 is 27.2 Å². The summed E-state index contributed by atoms with van der Waals surface area (Å²) >= 11 is 0. The Labute approximate surface area is 178 Å². The molecule has 0 spiro atoms. The first-order chi connectivity index (χ1) is 14.7. The normalized spacial score (nSPS) is 24.0. The molecule has 0 saturated heterocycles. The monoisotopic (exact) mass is 444 g/mol. The summed E-state index contributed by atoms with van der Waals surface area (Å²) in [6, 6.07) is 16.2. The first-order valence-electron chi connectivity index (χ1n) is 9.70. The zero-order chi connectivity index (χ0) is 22.4. The van der Waals surface area contributed by atoms with Gasteiger partial charge in [-0.25, -0.2) is 12.8 Å². The highest BCUT2D eigenvalue weighted by Gasteiger charge is 2.70. The zero-order valence-corrected chi connectivity index (χ0v) is 17.6. The van der Waals surface area contributed by atoms with E-state index in [4.69, 9.17) is 4.52 Å². The molecule has 1 aromatic heterocycles. The Kier molecular flexibility index (Phi) is 5.18. The van der Waals surface area contributed by atoms with Crippen molar-refractivity contribution in [2.45, 2.75) is 36.4 Å². The van der Waals surface area contributed by atoms with Crippen LogP contribution in [0.5, 0.6) is 0 Å². The summed E-state index contributed by atoms with van der Waals surface area (Å²) in [7, 11) is -4.12. The van der Waals surface area contributed by atoms with E-state index >= 15 is 0 Å². The molecule has 2 unspecified atom stereocenters. The van der Waals surface area contributed by atoms with E-state index in [0.29, 0.717) is 11.3 Å². The lowest BCUT2D eigenvalue weighted by Gasteiger charge is -2.16. The summed E-state index contributed by atoms with van der Waals surface area (Å²) < 4.78 is 46.7. The van der Waals surface area contributed by atoms with E-state index < -0.39 is 39.5 Å². The highest BCUT2D eigenvalue weighted by atomic mass is 32.2. The number of sulfonamides is 1. The molecule has 4 rings (SSSR count). The Morgan fingerprint density at radius 2 is 1.84 bits per heavy atom. The zero-order valence-electron chi connectivity index (χ0n) is 16.8. The maximum atomic E-state index is 13.3. The van der Waals surface area contributed by atoms with Gasteiger partial charge in [0.05, 0.1) is 4.90 Å². The fourth-order valence-corrected chi connectivity index (χ4v) is 5.46. The molecule has 1 aliphatic rings. The van der Waals surface area contributed by atoms with Gasteiger partial charge in [-0.2, -0.15) is 4.72 Å². The summed E-state index contributed by atoms with van der Waals surface area (Å²) in [6.45, 7) is 3.04. The van der Waals surface area contributed by atoms with E-state index in [0.717, 1.165) is 5.56 Å². The van der Waals surface area contributed by atoms with Gasteiger partial charge < -0.3 is 9.63 Å². The number of carbonyl (C=O) groups is 1. The Balaban J connectivity index is 1.60. The SMILES string of the molecule is CC(F)c1cc(-c2ccc(S(=O)(=O)N[C@@]3(C(=O)O)C(C)[C@@H]3c3ccccc3)cc2)no1. The third kappa shape index (κ3) is 3.64. The van der Waals surface area contributed by atoms with Crippen LogP contribution in [0.3, 0.4) is 0 Å². The van der Waals surface area contributed by atoms with Crippen LogP contribution in [0.4, 0.5) is 4.39 Å². The molecular formula is C22H21FN2O5S. The molecule has 31 heavy (non-hydrogen) atoms. The third-order valence-corrected chi connectivity index (χ3v) is 7.30. The molecule has 0 aliphatic heterocycles. The van der Waals surface area contributed by atoms with Gasteiger partial charge in [-0.1, -0.05) is 54.5 Å². The molecule has 2 N–H and O–H groups in total. The fraction of sp³-hybridized carbons (Fsp3) is 0.273. The molecule has 9 heteroatoms. The first-order valence-corrected chi connectivity index (χ1v) is 11.2. The van der Waals surface area contributed by atoms with Crippen molar-refractivity contribution in [3.05, 3.63) is 72.0 Å². The fourth-order valence-electron chi connectivity index (χ4n) is 4.00. The standard InChI is InChI=1S/C22H21FN2O5S/c1-13-20(16-6-4-3-5-7-16)22(13,21(26)27)25-31(28,29)17-10-8-15(9-11-17)18-12-19(14(2)23)30-24-18/h3-14,20,25H,1-2H3,(H,26,27)/t13?,14?,20-,22+/m1/s1. The van der Waals surface area contributed by atoms with E-state index in [1.54, 1.807) is 31.2 Å². The van der Waals surface area contributed by atoms with Crippen LogP contribution in [0.25, 0.3) is 11.3 Å². The van der Waals surface area contributed by atoms with Crippen LogP contribution in [-0.2, 0) is 14.8 Å². The number of carboxylic acid groups (broad SMARTS) is 1. The number of hydrogen-bond acceptors (Lipinski definition) is 5. The number of nitrogens with zero attached hydrogens (tertiary/aromatic N) is 1. The van der Waals surface area contributed by atoms with Crippen molar-refractivity contribution in [3.63, 3.8) is 0 Å². The Hall–Kier alpha value is -3.04. The van der Waals surface area contributed by atoms with Crippen molar-refractivity contribution in [1.29, 1.82) is 0 Å². The number of rotatable bonds is 7. The van der Waals surface area contributed by atoms with Gasteiger partial charge in [0.25, 0.3) is 0 Å². The summed E-state index contributed by atoms with van der Waals surface area (Å²) in [4.78, 5) is 12.0. The van der Waals surface area contributed by atoms with Crippen LogP contribution < -0.4 is 4.72 Å². The number of aromatic nitrogens is 1. The number of halogens is 1. The summed E-state index contributed by atoms with van der Waals surface area (Å²) in [5.41, 5.74) is 0.0687. The lowest BCUT2D eigenvalue weighted by Crippen LogP contribution is -2.45. The molecule has 162 valence electrons. The number of aliphatic carboxylic acids is 1. The molecule has 1 saturated carbocycles. The van der Waals surface area contributed by atoms with Gasteiger partial charge in [-0.15, -0.1) is 0 Å². The van der Waals surface area contributed by atoms with E-state index in [1.165, 1.54) is 37.3 Å². The summed E-state index contributed by atoms with van der Waals surface area (Å²) in [5.74, 6) is -2.04. The Morgan fingerprint density at radius 3 is 2.39 bits per heavy atom. The number of benzene rings is 2. The summed E-state index contributed by atoms with van der Waals surface area (Å²) in [6.07, 6.45) is -1.31.